The van der Waals surface area contributed by atoms with Gasteiger partial charge in [0.15, 0.2) is 5.78 Å². The summed E-state index contributed by atoms with van der Waals surface area (Å²) in [5.41, 5.74) is 1.09. The van der Waals surface area contributed by atoms with Gasteiger partial charge in [-0.25, -0.2) is 9.59 Å². The molecular weight excluding hydrogens is 500 g/mol. The number of hydrogen-bond acceptors (Lipinski definition) is 7. The number of rotatable bonds is 10. The predicted molar refractivity (Wildman–Crippen MR) is 152 cm³/mol. The number of nitrogens with zero attached hydrogens (tertiary/aromatic N) is 4. The lowest BCUT2D eigenvalue weighted by atomic mass is 10.1. The Morgan fingerprint density at radius 2 is 1.62 bits per heavy atom. The number of ether oxygens (including phenoxy) is 1. The first kappa shape index (κ1) is 28.2. The molecule has 0 bridgehead atoms. The number of aryl methyl sites for hydroxylation is 1. The number of benzene rings is 2. The van der Waals surface area contributed by atoms with Gasteiger partial charge in [0.05, 0.1) is 24.1 Å². The minimum atomic E-state index is -0.518. The van der Waals surface area contributed by atoms with E-state index in [2.05, 4.69) is 27.5 Å². The quantitative estimate of drug-likeness (QED) is 0.382. The summed E-state index contributed by atoms with van der Waals surface area (Å²) in [4.78, 5) is 55.6. The van der Waals surface area contributed by atoms with Crippen LogP contribution in [-0.4, -0.2) is 84.2 Å². The largest absolute Gasteiger partial charge is 0.383 e. The number of Topliss-reactive ketones (excluding diaryl/α,β-unsaturated/α-hetero) is 1. The Bertz CT molecular complexity index is 1460. The van der Waals surface area contributed by atoms with Crippen LogP contribution in [-0.2, 0) is 17.8 Å². The summed E-state index contributed by atoms with van der Waals surface area (Å²) >= 11 is 0. The van der Waals surface area contributed by atoms with E-state index in [-0.39, 0.29) is 24.6 Å². The second-order valence-electron chi connectivity index (χ2n) is 9.83. The standard InChI is InChI=1S/C28H36N6O5/c1-20(35)21-6-4-7-22(18-21)29-27(37)30-23-8-9-25-24(19-23)26(36)34(16-17-39-3)28(38)33(25)11-5-10-32-14-12-31(2)13-15-32/h4,6-9,18-19H,5,10-17H2,1-3H3,(H2,29,30,37). The number of carbonyl (C=O) groups is 2. The van der Waals surface area contributed by atoms with Crippen molar-refractivity contribution >= 4 is 34.1 Å². The number of methoxy groups -OCH3 is 1. The van der Waals surface area contributed by atoms with Crippen LogP contribution in [0, 0.1) is 0 Å². The Labute approximate surface area is 227 Å². The Morgan fingerprint density at radius 1 is 0.897 bits per heavy atom. The molecule has 0 radical (unpaired) electrons. The van der Waals surface area contributed by atoms with Crippen LogP contribution in [0.5, 0.6) is 0 Å². The van der Waals surface area contributed by atoms with E-state index in [1.165, 1.54) is 18.6 Å². The van der Waals surface area contributed by atoms with Crippen molar-refractivity contribution in [2.45, 2.75) is 26.4 Å². The van der Waals surface area contributed by atoms with E-state index >= 15 is 0 Å². The fourth-order valence-corrected chi connectivity index (χ4v) is 4.73. The van der Waals surface area contributed by atoms with Gasteiger partial charge >= 0.3 is 11.7 Å². The molecular formula is C28H36N6O5. The van der Waals surface area contributed by atoms with Gasteiger partial charge < -0.3 is 25.2 Å². The minimum absolute atomic E-state index is 0.104. The molecule has 1 aromatic heterocycles. The number of carbonyl (C=O) groups excluding carboxylic acids is 2. The topological polar surface area (TPSA) is 118 Å². The van der Waals surface area contributed by atoms with E-state index < -0.39 is 11.6 Å². The third kappa shape index (κ3) is 6.99. The Kier molecular flexibility index (Phi) is 9.28. The summed E-state index contributed by atoms with van der Waals surface area (Å²) in [7, 11) is 3.64. The molecule has 1 saturated heterocycles. The maximum absolute atomic E-state index is 13.3. The van der Waals surface area contributed by atoms with Gasteiger partial charge in [0.1, 0.15) is 0 Å². The van der Waals surface area contributed by atoms with Crippen molar-refractivity contribution in [2.75, 3.05) is 64.1 Å². The monoisotopic (exact) mass is 536 g/mol. The molecule has 1 aliphatic rings. The molecule has 2 N–H and O–H groups in total. The van der Waals surface area contributed by atoms with Gasteiger partial charge in [-0.1, -0.05) is 12.1 Å². The van der Waals surface area contributed by atoms with Crippen molar-refractivity contribution in [3.8, 4) is 0 Å². The molecule has 0 unspecified atom stereocenters. The van der Waals surface area contributed by atoms with Crippen LogP contribution in [0.25, 0.3) is 10.9 Å². The molecule has 0 spiro atoms. The summed E-state index contributed by atoms with van der Waals surface area (Å²) < 4.78 is 7.96. The Hall–Kier alpha value is -3.80. The molecule has 1 fully saturated rings. The van der Waals surface area contributed by atoms with Gasteiger partial charge in [-0.2, -0.15) is 0 Å². The molecule has 2 amide bonds. The van der Waals surface area contributed by atoms with Crippen LogP contribution in [0.1, 0.15) is 23.7 Å². The van der Waals surface area contributed by atoms with Gasteiger partial charge in [0.25, 0.3) is 5.56 Å². The number of urea groups is 1. The Morgan fingerprint density at radius 3 is 2.31 bits per heavy atom. The smallest absolute Gasteiger partial charge is 0.331 e. The average Bonchev–Trinajstić information content (AvgIpc) is 2.92. The minimum Gasteiger partial charge on any atom is -0.383 e. The molecule has 2 aromatic carbocycles. The molecule has 11 heteroatoms. The number of likely N-dealkylation sites (N-methyl/N-ethyl adjacent to an activating group) is 1. The highest BCUT2D eigenvalue weighted by atomic mass is 16.5. The van der Waals surface area contributed by atoms with Gasteiger partial charge in [-0.3, -0.25) is 18.7 Å². The first-order valence-corrected chi connectivity index (χ1v) is 13.1. The number of nitrogens with one attached hydrogen (secondary N) is 2. The van der Waals surface area contributed by atoms with Crippen molar-refractivity contribution in [1.29, 1.82) is 0 Å². The highest BCUT2D eigenvalue weighted by Gasteiger charge is 2.17. The molecule has 2 heterocycles. The number of anilines is 2. The number of amides is 2. The lowest BCUT2D eigenvalue weighted by molar-refractivity contribution is 0.101. The van der Waals surface area contributed by atoms with Gasteiger partial charge in [-0.05, 0) is 57.3 Å². The van der Waals surface area contributed by atoms with Crippen LogP contribution in [0.3, 0.4) is 0 Å². The zero-order chi connectivity index (χ0) is 27.9. The molecule has 11 nitrogen and oxygen atoms in total. The summed E-state index contributed by atoms with van der Waals surface area (Å²) in [6.45, 7) is 7.19. The Balaban J connectivity index is 1.56. The van der Waals surface area contributed by atoms with Gasteiger partial charge in [0, 0.05) is 56.8 Å². The number of piperazine rings is 1. The summed E-state index contributed by atoms with van der Waals surface area (Å²) in [5, 5.41) is 5.78. The molecule has 0 aliphatic carbocycles. The second kappa shape index (κ2) is 12.8. The molecule has 4 rings (SSSR count). The lowest BCUT2D eigenvalue weighted by Gasteiger charge is -2.32. The van der Waals surface area contributed by atoms with E-state index in [1.807, 2.05) is 0 Å². The predicted octanol–water partition coefficient (Wildman–Crippen LogP) is 2.29. The van der Waals surface area contributed by atoms with Crippen LogP contribution >= 0.6 is 0 Å². The number of hydrogen-bond donors (Lipinski definition) is 2. The maximum Gasteiger partial charge on any atom is 0.331 e. The van der Waals surface area contributed by atoms with Crippen LogP contribution < -0.4 is 21.9 Å². The summed E-state index contributed by atoms with van der Waals surface area (Å²) in [6, 6.07) is 11.1. The molecule has 0 saturated carbocycles. The molecule has 1 aliphatic heterocycles. The SMILES string of the molecule is COCCn1c(=O)c2cc(NC(=O)Nc3cccc(C(C)=O)c3)ccc2n(CCCN2CCN(C)CC2)c1=O. The molecule has 3 aromatic rings. The molecule has 0 atom stereocenters. The first-order chi connectivity index (χ1) is 18.8. The van der Waals surface area contributed by atoms with Crippen molar-refractivity contribution in [3.05, 3.63) is 68.9 Å². The number of fused-ring (bicyclic) bond motifs is 1. The third-order valence-electron chi connectivity index (χ3n) is 6.98. The van der Waals surface area contributed by atoms with Gasteiger partial charge in [0.2, 0.25) is 0 Å². The normalized spacial score (nSPS) is 14.4. The van der Waals surface area contributed by atoms with E-state index in [1.54, 1.807) is 47.0 Å². The highest BCUT2D eigenvalue weighted by Crippen LogP contribution is 2.17. The first-order valence-electron chi connectivity index (χ1n) is 13.1. The van der Waals surface area contributed by atoms with Crippen molar-refractivity contribution in [2.24, 2.45) is 0 Å². The van der Waals surface area contributed by atoms with Crippen LogP contribution in [0.2, 0.25) is 0 Å². The molecule has 39 heavy (non-hydrogen) atoms. The van der Waals surface area contributed by atoms with E-state index in [4.69, 9.17) is 4.74 Å². The van der Waals surface area contributed by atoms with Gasteiger partial charge in [-0.15, -0.1) is 0 Å². The van der Waals surface area contributed by atoms with E-state index in [0.29, 0.717) is 34.4 Å². The zero-order valence-corrected chi connectivity index (χ0v) is 22.7. The fraction of sp³-hybridized carbons (Fsp3) is 0.429. The summed E-state index contributed by atoms with van der Waals surface area (Å²) in [5.74, 6) is -0.104. The highest BCUT2D eigenvalue weighted by molar-refractivity contribution is 6.02. The number of ketones is 1. The van der Waals surface area contributed by atoms with Crippen LogP contribution in [0.15, 0.2) is 52.1 Å². The second-order valence-corrected chi connectivity index (χ2v) is 9.83. The van der Waals surface area contributed by atoms with Crippen molar-refractivity contribution in [3.63, 3.8) is 0 Å². The molecule has 208 valence electrons. The fourth-order valence-electron chi connectivity index (χ4n) is 4.73. The van der Waals surface area contributed by atoms with Crippen LogP contribution in [0.4, 0.5) is 16.2 Å². The lowest BCUT2D eigenvalue weighted by Crippen LogP contribution is -2.45. The average molecular weight is 537 g/mol. The number of aromatic nitrogens is 2. The van der Waals surface area contributed by atoms with Crippen molar-refractivity contribution < 1.29 is 14.3 Å². The van der Waals surface area contributed by atoms with Crippen molar-refractivity contribution in [1.82, 2.24) is 18.9 Å². The zero-order valence-electron chi connectivity index (χ0n) is 22.7. The van der Waals surface area contributed by atoms with E-state index in [9.17, 15) is 19.2 Å². The summed E-state index contributed by atoms with van der Waals surface area (Å²) in [6.07, 6.45) is 0.767. The van der Waals surface area contributed by atoms with E-state index in [0.717, 1.165) is 39.1 Å². The third-order valence-corrected chi connectivity index (χ3v) is 6.98. The maximum atomic E-state index is 13.3.